The molecule has 0 spiro atoms. The normalized spacial score (nSPS) is 18.8. The lowest BCUT2D eigenvalue weighted by Gasteiger charge is -2.33. The van der Waals surface area contributed by atoms with Gasteiger partial charge in [0.05, 0.1) is 17.1 Å². The van der Waals surface area contributed by atoms with Gasteiger partial charge in [-0.3, -0.25) is 4.79 Å². The first-order chi connectivity index (χ1) is 9.92. The van der Waals surface area contributed by atoms with Crippen molar-refractivity contribution in [2.75, 3.05) is 13.2 Å². The molecule has 4 N–H and O–H groups in total. The highest BCUT2D eigenvalue weighted by Gasteiger charge is 2.36. The number of carboxylic acids is 1. The van der Waals surface area contributed by atoms with Crippen LogP contribution in [0.2, 0.25) is 0 Å². The van der Waals surface area contributed by atoms with Gasteiger partial charge in [0, 0.05) is 13.2 Å². The maximum absolute atomic E-state index is 12.3. The third-order valence-corrected chi connectivity index (χ3v) is 3.84. The number of nitrogens with two attached hydrogens (primary N) is 1. The SMILES string of the molecule is C[C@H](NC(=O)C1(N)CCOCC1)c1ccc(C(=O)O)cc1. The molecule has 1 aromatic rings. The van der Waals surface area contributed by atoms with E-state index in [9.17, 15) is 9.59 Å². The van der Waals surface area contributed by atoms with Gasteiger partial charge < -0.3 is 20.9 Å². The van der Waals surface area contributed by atoms with Crippen molar-refractivity contribution >= 4 is 11.9 Å². The van der Waals surface area contributed by atoms with Gasteiger partial charge in [0.15, 0.2) is 0 Å². The Kier molecular flexibility index (Phi) is 4.59. The number of nitrogens with one attached hydrogen (secondary N) is 1. The zero-order chi connectivity index (χ0) is 15.5. The lowest BCUT2D eigenvalue weighted by atomic mass is 9.90. The van der Waals surface area contributed by atoms with Gasteiger partial charge in [-0.15, -0.1) is 0 Å². The summed E-state index contributed by atoms with van der Waals surface area (Å²) < 4.78 is 5.22. The molecule has 1 atom stereocenters. The van der Waals surface area contributed by atoms with E-state index in [2.05, 4.69) is 5.32 Å². The second-order valence-electron chi connectivity index (χ2n) is 5.39. The molecule has 0 aliphatic carbocycles. The average molecular weight is 292 g/mol. The Bertz CT molecular complexity index is 521. The molecule has 0 bridgehead atoms. The van der Waals surface area contributed by atoms with Gasteiger partial charge in [0.25, 0.3) is 0 Å². The van der Waals surface area contributed by atoms with Crippen molar-refractivity contribution in [1.29, 1.82) is 0 Å². The summed E-state index contributed by atoms with van der Waals surface area (Å²) in [5.74, 6) is -1.16. The maximum atomic E-state index is 12.3. The molecule has 0 unspecified atom stereocenters. The van der Waals surface area contributed by atoms with Crippen molar-refractivity contribution in [2.24, 2.45) is 5.73 Å². The summed E-state index contributed by atoms with van der Waals surface area (Å²) in [6.07, 6.45) is 1.01. The molecule has 1 heterocycles. The smallest absolute Gasteiger partial charge is 0.335 e. The van der Waals surface area contributed by atoms with Crippen LogP contribution in [0.25, 0.3) is 0 Å². The third-order valence-electron chi connectivity index (χ3n) is 3.84. The molecule has 1 saturated heterocycles. The number of amides is 1. The molecule has 0 radical (unpaired) electrons. The standard InChI is InChI=1S/C15H20N2O4/c1-10(11-2-4-12(5-3-11)13(18)19)17-14(20)15(16)6-8-21-9-7-15/h2-5,10H,6-9,16H2,1H3,(H,17,20)(H,18,19)/t10-/m0/s1. The van der Waals surface area contributed by atoms with Crippen molar-refractivity contribution in [3.8, 4) is 0 Å². The summed E-state index contributed by atoms with van der Waals surface area (Å²) in [5.41, 5.74) is 6.30. The highest BCUT2D eigenvalue weighted by Crippen LogP contribution is 2.20. The molecular formula is C15H20N2O4. The first kappa shape index (κ1) is 15.5. The fraction of sp³-hybridized carbons (Fsp3) is 0.467. The summed E-state index contributed by atoms with van der Waals surface area (Å²) in [6.45, 7) is 2.83. The van der Waals surface area contributed by atoms with Crippen molar-refractivity contribution < 1.29 is 19.4 Å². The average Bonchev–Trinajstić information content (AvgIpc) is 2.48. The van der Waals surface area contributed by atoms with Gasteiger partial charge in [-0.2, -0.15) is 0 Å². The Morgan fingerprint density at radius 1 is 1.29 bits per heavy atom. The minimum Gasteiger partial charge on any atom is -0.478 e. The van der Waals surface area contributed by atoms with Crippen LogP contribution in [0.1, 0.15) is 41.7 Å². The van der Waals surface area contributed by atoms with E-state index in [0.717, 1.165) is 5.56 Å². The summed E-state index contributed by atoms with van der Waals surface area (Å²) in [6, 6.07) is 6.20. The molecule has 114 valence electrons. The summed E-state index contributed by atoms with van der Waals surface area (Å²) in [4.78, 5) is 23.1. The van der Waals surface area contributed by atoms with Crippen LogP contribution >= 0.6 is 0 Å². The summed E-state index contributed by atoms with van der Waals surface area (Å²) in [7, 11) is 0. The maximum Gasteiger partial charge on any atom is 0.335 e. The number of ether oxygens (including phenoxy) is 1. The van der Waals surface area contributed by atoms with E-state index in [4.69, 9.17) is 15.6 Å². The fourth-order valence-corrected chi connectivity index (χ4v) is 2.30. The minimum absolute atomic E-state index is 0.194. The first-order valence-corrected chi connectivity index (χ1v) is 6.93. The highest BCUT2D eigenvalue weighted by molar-refractivity contribution is 5.88. The van der Waals surface area contributed by atoms with Crippen LogP contribution in [0, 0.1) is 0 Å². The second kappa shape index (κ2) is 6.24. The molecule has 1 aromatic carbocycles. The van der Waals surface area contributed by atoms with Crippen LogP contribution in [0.3, 0.4) is 0 Å². The van der Waals surface area contributed by atoms with Crippen molar-refractivity contribution in [1.82, 2.24) is 5.32 Å². The van der Waals surface area contributed by atoms with E-state index in [1.54, 1.807) is 12.1 Å². The van der Waals surface area contributed by atoms with Gasteiger partial charge in [0.2, 0.25) is 5.91 Å². The van der Waals surface area contributed by atoms with E-state index in [1.807, 2.05) is 6.92 Å². The largest absolute Gasteiger partial charge is 0.478 e. The van der Waals surface area contributed by atoms with E-state index in [0.29, 0.717) is 26.1 Å². The number of benzene rings is 1. The Balaban J connectivity index is 2.01. The molecule has 1 aliphatic rings. The quantitative estimate of drug-likeness (QED) is 0.770. The molecular weight excluding hydrogens is 272 g/mol. The van der Waals surface area contributed by atoms with Gasteiger partial charge in [-0.1, -0.05) is 12.1 Å². The van der Waals surface area contributed by atoms with E-state index < -0.39 is 11.5 Å². The number of hydrogen-bond donors (Lipinski definition) is 3. The van der Waals surface area contributed by atoms with E-state index in [1.165, 1.54) is 12.1 Å². The lowest BCUT2D eigenvalue weighted by Crippen LogP contribution is -2.57. The summed E-state index contributed by atoms with van der Waals surface area (Å²) in [5, 5.41) is 11.8. The predicted molar refractivity (Wildman–Crippen MR) is 76.9 cm³/mol. The Hall–Kier alpha value is -1.92. The molecule has 0 aromatic heterocycles. The molecule has 21 heavy (non-hydrogen) atoms. The summed E-state index contributed by atoms with van der Waals surface area (Å²) >= 11 is 0. The molecule has 1 amide bonds. The van der Waals surface area contributed by atoms with Gasteiger partial charge in [-0.05, 0) is 37.5 Å². The van der Waals surface area contributed by atoms with Crippen LogP contribution in [0.5, 0.6) is 0 Å². The topological polar surface area (TPSA) is 102 Å². The number of carbonyl (C=O) groups is 2. The molecule has 1 fully saturated rings. The second-order valence-corrected chi connectivity index (χ2v) is 5.39. The van der Waals surface area contributed by atoms with Crippen molar-refractivity contribution in [3.63, 3.8) is 0 Å². The van der Waals surface area contributed by atoms with Gasteiger partial charge in [-0.25, -0.2) is 4.79 Å². The Labute approximate surface area is 123 Å². The lowest BCUT2D eigenvalue weighted by molar-refractivity contribution is -0.130. The minimum atomic E-state index is -0.971. The number of carbonyl (C=O) groups excluding carboxylic acids is 1. The van der Waals surface area contributed by atoms with Crippen LogP contribution < -0.4 is 11.1 Å². The van der Waals surface area contributed by atoms with Crippen molar-refractivity contribution in [2.45, 2.75) is 31.3 Å². The van der Waals surface area contributed by atoms with Crippen LogP contribution in [-0.2, 0) is 9.53 Å². The predicted octanol–water partition coefficient (Wildman–Crippen LogP) is 1.07. The number of rotatable bonds is 4. The van der Waals surface area contributed by atoms with E-state index >= 15 is 0 Å². The first-order valence-electron chi connectivity index (χ1n) is 6.93. The highest BCUT2D eigenvalue weighted by atomic mass is 16.5. The molecule has 0 saturated carbocycles. The Morgan fingerprint density at radius 3 is 2.38 bits per heavy atom. The molecule has 6 heteroatoms. The Morgan fingerprint density at radius 2 is 1.86 bits per heavy atom. The van der Waals surface area contributed by atoms with Gasteiger partial charge >= 0.3 is 5.97 Å². The van der Waals surface area contributed by atoms with E-state index in [-0.39, 0.29) is 17.5 Å². The van der Waals surface area contributed by atoms with Crippen molar-refractivity contribution in [3.05, 3.63) is 35.4 Å². The number of carboxylic acid groups (broad SMARTS) is 1. The van der Waals surface area contributed by atoms with Gasteiger partial charge in [0.1, 0.15) is 0 Å². The van der Waals surface area contributed by atoms with Crippen LogP contribution in [0.4, 0.5) is 0 Å². The number of aromatic carboxylic acids is 1. The zero-order valence-corrected chi connectivity index (χ0v) is 12.0. The molecule has 2 rings (SSSR count). The monoisotopic (exact) mass is 292 g/mol. The molecule has 1 aliphatic heterocycles. The van der Waals surface area contributed by atoms with Crippen LogP contribution in [-0.4, -0.2) is 35.7 Å². The zero-order valence-electron chi connectivity index (χ0n) is 12.0. The number of hydrogen-bond acceptors (Lipinski definition) is 4. The fourth-order valence-electron chi connectivity index (χ4n) is 2.30. The third kappa shape index (κ3) is 3.59. The van der Waals surface area contributed by atoms with Crippen LogP contribution in [0.15, 0.2) is 24.3 Å². The molecule has 6 nitrogen and oxygen atoms in total.